The molecule has 0 aromatic rings. The lowest BCUT2D eigenvalue weighted by Gasteiger charge is -2.26. The fraction of sp³-hybridized carbons (Fsp3) is 0.625. The van der Waals surface area contributed by atoms with Gasteiger partial charge in [0.05, 0.1) is 25.5 Å². The van der Waals surface area contributed by atoms with Crippen molar-refractivity contribution in [2.45, 2.75) is 50.9 Å². The van der Waals surface area contributed by atoms with Gasteiger partial charge in [-0.25, -0.2) is 4.79 Å². The first-order valence-corrected chi connectivity index (χ1v) is 8.80. The van der Waals surface area contributed by atoms with Gasteiger partial charge in [0.2, 0.25) is 23.6 Å². The Balaban J connectivity index is 5.38. The van der Waals surface area contributed by atoms with Crippen molar-refractivity contribution >= 4 is 35.6 Å². The van der Waals surface area contributed by atoms with Gasteiger partial charge in [-0.05, 0) is 5.92 Å². The molecule has 0 aliphatic rings. The first-order valence-electron chi connectivity index (χ1n) is 8.80. The fourth-order valence-electron chi connectivity index (χ4n) is 2.21. The Labute approximate surface area is 171 Å². The Morgan fingerprint density at radius 3 is 1.77 bits per heavy atom. The zero-order valence-corrected chi connectivity index (χ0v) is 16.5. The minimum atomic E-state index is -1.61. The molecule has 0 aromatic carbocycles. The van der Waals surface area contributed by atoms with Crippen LogP contribution in [-0.2, 0) is 28.8 Å². The molecular formula is C16H27N5O9. The van der Waals surface area contributed by atoms with Crippen LogP contribution in [0.15, 0.2) is 0 Å². The van der Waals surface area contributed by atoms with E-state index in [2.05, 4.69) is 10.6 Å². The molecule has 14 heteroatoms. The molecule has 4 unspecified atom stereocenters. The van der Waals surface area contributed by atoms with Crippen LogP contribution in [0.5, 0.6) is 0 Å². The number of aliphatic hydroxyl groups is 1. The van der Waals surface area contributed by atoms with Crippen LogP contribution >= 0.6 is 0 Å². The standard InChI is InChI=1S/C16H27N5O9/c1-6(2)12(15(28)20-9(5-22)16(29)30)21-14(27)8(4-10(18)23)19-13(26)7(17)3-11(24)25/h6-9,12,22H,3-5,17H2,1-2H3,(H2,18,23)(H,19,26)(H,20,28)(H,21,27)(H,24,25)(H,29,30). The Hall–Kier alpha value is -3.26. The van der Waals surface area contributed by atoms with Crippen molar-refractivity contribution in [3.8, 4) is 0 Å². The Morgan fingerprint density at radius 2 is 1.37 bits per heavy atom. The predicted molar refractivity (Wildman–Crippen MR) is 99.4 cm³/mol. The van der Waals surface area contributed by atoms with E-state index in [0.29, 0.717) is 0 Å². The van der Waals surface area contributed by atoms with E-state index in [1.807, 2.05) is 5.32 Å². The van der Waals surface area contributed by atoms with E-state index in [9.17, 15) is 28.8 Å². The number of primary amides is 1. The van der Waals surface area contributed by atoms with Gasteiger partial charge in [-0.15, -0.1) is 0 Å². The third kappa shape index (κ3) is 9.29. The van der Waals surface area contributed by atoms with Crippen molar-refractivity contribution in [3.63, 3.8) is 0 Å². The maximum atomic E-state index is 12.5. The van der Waals surface area contributed by atoms with Crippen LogP contribution in [0.4, 0.5) is 0 Å². The van der Waals surface area contributed by atoms with Crippen LogP contribution in [0.1, 0.15) is 26.7 Å². The molecule has 4 atom stereocenters. The number of nitrogens with two attached hydrogens (primary N) is 2. The van der Waals surface area contributed by atoms with Gasteiger partial charge in [0.25, 0.3) is 0 Å². The number of rotatable bonds is 13. The number of carboxylic acids is 2. The molecule has 0 heterocycles. The van der Waals surface area contributed by atoms with Crippen molar-refractivity contribution in [2.24, 2.45) is 17.4 Å². The lowest BCUT2D eigenvalue weighted by Crippen LogP contribution is -2.59. The van der Waals surface area contributed by atoms with Crippen LogP contribution in [-0.4, -0.2) is 81.7 Å². The van der Waals surface area contributed by atoms with Crippen LogP contribution in [0, 0.1) is 5.92 Å². The summed E-state index contributed by atoms with van der Waals surface area (Å²) < 4.78 is 0. The summed E-state index contributed by atoms with van der Waals surface area (Å²) in [4.78, 5) is 69.7. The number of aliphatic carboxylic acids is 2. The van der Waals surface area contributed by atoms with E-state index >= 15 is 0 Å². The summed E-state index contributed by atoms with van der Waals surface area (Å²) in [6.07, 6.45) is -1.40. The van der Waals surface area contributed by atoms with Gasteiger partial charge in [0.15, 0.2) is 0 Å². The van der Waals surface area contributed by atoms with E-state index in [-0.39, 0.29) is 0 Å². The lowest BCUT2D eigenvalue weighted by molar-refractivity contribution is -0.143. The highest BCUT2D eigenvalue weighted by atomic mass is 16.4. The molecule has 0 bridgehead atoms. The third-order valence-corrected chi connectivity index (χ3v) is 3.81. The minimum absolute atomic E-state index is 0.554. The van der Waals surface area contributed by atoms with E-state index in [1.54, 1.807) is 0 Å². The Bertz CT molecular complexity index is 682. The monoisotopic (exact) mass is 433 g/mol. The average Bonchev–Trinajstić information content (AvgIpc) is 2.61. The zero-order chi connectivity index (χ0) is 23.6. The maximum absolute atomic E-state index is 12.5. The van der Waals surface area contributed by atoms with Crippen LogP contribution in [0.2, 0.25) is 0 Å². The minimum Gasteiger partial charge on any atom is -0.481 e. The zero-order valence-electron chi connectivity index (χ0n) is 16.5. The van der Waals surface area contributed by atoms with Crippen LogP contribution < -0.4 is 27.4 Å². The first kappa shape index (κ1) is 26.7. The van der Waals surface area contributed by atoms with Gasteiger partial charge in [0.1, 0.15) is 18.1 Å². The summed E-state index contributed by atoms with van der Waals surface area (Å²) in [5, 5.41) is 33.0. The molecule has 0 rings (SSSR count). The van der Waals surface area contributed by atoms with Crippen molar-refractivity contribution < 1.29 is 44.1 Å². The Morgan fingerprint density at radius 1 is 0.833 bits per heavy atom. The van der Waals surface area contributed by atoms with Gasteiger partial charge >= 0.3 is 11.9 Å². The molecule has 30 heavy (non-hydrogen) atoms. The van der Waals surface area contributed by atoms with Crippen molar-refractivity contribution in [1.82, 2.24) is 16.0 Å². The quantitative estimate of drug-likeness (QED) is 0.139. The molecule has 0 saturated carbocycles. The Kier molecular flexibility index (Phi) is 11.0. The molecular weight excluding hydrogens is 406 g/mol. The molecule has 0 fully saturated rings. The van der Waals surface area contributed by atoms with E-state index in [4.69, 9.17) is 26.8 Å². The van der Waals surface area contributed by atoms with Crippen LogP contribution in [0.3, 0.4) is 0 Å². The number of carbonyl (C=O) groups excluding carboxylic acids is 4. The third-order valence-electron chi connectivity index (χ3n) is 3.81. The number of amides is 4. The largest absolute Gasteiger partial charge is 0.481 e. The number of hydrogen-bond donors (Lipinski definition) is 8. The number of aliphatic hydroxyl groups excluding tert-OH is 1. The highest BCUT2D eigenvalue weighted by molar-refractivity contribution is 5.96. The SMILES string of the molecule is CC(C)C(NC(=O)C(CC(N)=O)NC(=O)C(N)CC(=O)O)C(=O)NC(CO)C(=O)O. The van der Waals surface area contributed by atoms with E-state index < -0.39 is 85.1 Å². The molecule has 14 nitrogen and oxygen atoms in total. The number of hydrogen-bond acceptors (Lipinski definition) is 8. The smallest absolute Gasteiger partial charge is 0.328 e. The number of nitrogens with one attached hydrogen (secondary N) is 3. The molecule has 0 aliphatic heterocycles. The second kappa shape index (κ2) is 12.3. The molecule has 0 aromatic heterocycles. The predicted octanol–water partition coefficient (Wildman–Crippen LogP) is -4.15. The molecule has 0 spiro atoms. The van der Waals surface area contributed by atoms with Crippen molar-refractivity contribution in [3.05, 3.63) is 0 Å². The van der Waals surface area contributed by atoms with Crippen LogP contribution in [0.25, 0.3) is 0 Å². The van der Waals surface area contributed by atoms with Gasteiger partial charge in [-0.3, -0.25) is 24.0 Å². The second-order valence-corrected chi connectivity index (χ2v) is 6.75. The molecule has 10 N–H and O–H groups in total. The highest BCUT2D eigenvalue weighted by Crippen LogP contribution is 2.05. The topological polar surface area (TPSA) is 251 Å². The number of carboxylic acid groups (broad SMARTS) is 2. The van der Waals surface area contributed by atoms with Gasteiger partial charge in [-0.1, -0.05) is 13.8 Å². The summed E-state index contributed by atoms with van der Waals surface area (Å²) in [5.41, 5.74) is 10.5. The molecule has 0 aliphatic carbocycles. The van der Waals surface area contributed by atoms with E-state index in [1.165, 1.54) is 13.8 Å². The lowest BCUT2D eigenvalue weighted by atomic mass is 10.0. The summed E-state index contributed by atoms with van der Waals surface area (Å²) in [6.45, 7) is 2.18. The van der Waals surface area contributed by atoms with E-state index in [0.717, 1.165) is 0 Å². The second-order valence-electron chi connectivity index (χ2n) is 6.75. The van der Waals surface area contributed by atoms with Gasteiger partial charge < -0.3 is 42.7 Å². The summed E-state index contributed by atoms with van der Waals surface area (Å²) >= 11 is 0. The first-order chi connectivity index (χ1) is 13.8. The molecule has 4 amide bonds. The van der Waals surface area contributed by atoms with Gasteiger partial charge in [0, 0.05) is 0 Å². The van der Waals surface area contributed by atoms with Gasteiger partial charge in [-0.2, -0.15) is 0 Å². The fourth-order valence-corrected chi connectivity index (χ4v) is 2.21. The molecule has 0 saturated heterocycles. The average molecular weight is 433 g/mol. The summed E-state index contributed by atoms with van der Waals surface area (Å²) in [7, 11) is 0. The molecule has 0 radical (unpaired) electrons. The number of carbonyl (C=O) groups is 6. The normalized spacial score (nSPS) is 14.7. The summed E-state index contributed by atoms with van der Waals surface area (Å²) in [5.74, 6) is -7.34. The highest BCUT2D eigenvalue weighted by Gasteiger charge is 2.32. The maximum Gasteiger partial charge on any atom is 0.328 e. The summed E-state index contributed by atoms with van der Waals surface area (Å²) in [6, 6.07) is -5.95. The van der Waals surface area contributed by atoms with Crippen molar-refractivity contribution in [2.75, 3.05) is 6.61 Å². The van der Waals surface area contributed by atoms with Crippen molar-refractivity contribution in [1.29, 1.82) is 0 Å². The molecule has 170 valence electrons.